The highest BCUT2D eigenvalue weighted by molar-refractivity contribution is 5.71. The van der Waals surface area contributed by atoms with E-state index in [1.807, 2.05) is 19.1 Å². The molecule has 214 valence electrons. The first-order valence-corrected chi connectivity index (χ1v) is 14.9. The number of allylic oxidation sites excluding steroid dienone is 2. The molecule has 2 rings (SSSR count). The minimum absolute atomic E-state index is 0.113. The fourth-order valence-corrected chi connectivity index (χ4v) is 4.86. The van der Waals surface area contributed by atoms with Crippen molar-refractivity contribution in [2.75, 3.05) is 0 Å². The van der Waals surface area contributed by atoms with Crippen molar-refractivity contribution in [2.24, 2.45) is 11.8 Å². The highest BCUT2D eigenvalue weighted by Gasteiger charge is 2.16. The predicted molar refractivity (Wildman–Crippen MR) is 161 cm³/mol. The summed E-state index contributed by atoms with van der Waals surface area (Å²) < 4.78 is 10.1. The molecule has 1 aromatic rings. The molecule has 0 spiro atoms. The Labute approximate surface area is 238 Å². The summed E-state index contributed by atoms with van der Waals surface area (Å²) in [5.41, 5.74) is 1.50. The van der Waals surface area contributed by atoms with E-state index < -0.39 is 12.3 Å². The van der Waals surface area contributed by atoms with E-state index in [0.29, 0.717) is 32.1 Å². The summed E-state index contributed by atoms with van der Waals surface area (Å²) in [6, 6.07) is 10.9. The second kappa shape index (κ2) is 23.0. The first kappa shape index (κ1) is 34.0. The molecule has 4 heteroatoms. The second-order valence-corrected chi connectivity index (χ2v) is 10.5. The zero-order valence-corrected chi connectivity index (χ0v) is 24.4. The van der Waals surface area contributed by atoms with Gasteiger partial charge in [-0.25, -0.2) is 0 Å². The van der Waals surface area contributed by atoms with Gasteiger partial charge in [-0.2, -0.15) is 0 Å². The van der Waals surface area contributed by atoms with Gasteiger partial charge >= 0.3 is 11.9 Å². The molecule has 1 aromatic carbocycles. The van der Waals surface area contributed by atoms with Crippen LogP contribution in [0.3, 0.4) is 0 Å². The van der Waals surface area contributed by atoms with Crippen LogP contribution in [0.1, 0.15) is 116 Å². The summed E-state index contributed by atoms with van der Waals surface area (Å²) in [4.78, 5) is 23.3. The first-order valence-electron chi connectivity index (χ1n) is 14.9. The number of ether oxygens (including phenoxy) is 2. The number of carbonyl (C=O) groups is 2. The summed E-state index contributed by atoms with van der Waals surface area (Å²) in [6.07, 6.45) is 30.3. The number of benzene rings is 1. The average Bonchev–Trinajstić information content (AvgIpc) is 3.44. The standard InChI is InChI=1S/C19H26O4.C16H24/c1-5-8-9-10-13-18(20)22-16(4)23-19(21)15-14-17(11-6-2)12-7-3;1-3-9-15(10-4-1)11-5-2-6-12-16-13-7-8-14-16/h2-3,5,8,16-17H,9-15H2,1,4H3;1,3-4,9-10,16H,2,5-8,11-14H2/b8-5-;. The van der Waals surface area contributed by atoms with Crippen LogP contribution in [0.5, 0.6) is 0 Å². The molecule has 0 N–H and O–H groups in total. The van der Waals surface area contributed by atoms with Crippen molar-refractivity contribution in [1.29, 1.82) is 0 Å². The SMILES string of the molecule is C#CCC(CC#C)CCC(=O)OC(C)OC(=O)CCC/C=C\C.c1ccc(CCCCCC2CCCC2)cc1. The van der Waals surface area contributed by atoms with Gasteiger partial charge in [0.15, 0.2) is 0 Å². The monoisotopic (exact) mass is 534 g/mol. The number of carbonyl (C=O) groups excluding carboxylic acids is 2. The van der Waals surface area contributed by atoms with E-state index in [1.165, 1.54) is 70.3 Å². The maximum Gasteiger partial charge on any atom is 0.308 e. The van der Waals surface area contributed by atoms with Crippen LogP contribution >= 0.6 is 0 Å². The van der Waals surface area contributed by atoms with E-state index in [1.54, 1.807) is 0 Å². The van der Waals surface area contributed by atoms with E-state index in [9.17, 15) is 9.59 Å². The molecule has 1 aliphatic carbocycles. The highest BCUT2D eigenvalue weighted by atomic mass is 16.7. The number of hydrogen-bond acceptors (Lipinski definition) is 4. The van der Waals surface area contributed by atoms with Gasteiger partial charge < -0.3 is 9.47 Å². The molecule has 0 aromatic heterocycles. The van der Waals surface area contributed by atoms with Gasteiger partial charge in [-0.15, -0.1) is 24.7 Å². The lowest BCUT2D eigenvalue weighted by atomic mass is 9.96. The van der Waals surface area contributed by atoms with E-state index >= 15 is 0 Å². The van der Waals surface area contributed by atoms with Crippen molar-refractivity contribution >= 4 is 11.9 Å². The third kappa shape index (κ3) is 18.8. The fourth-order valence-electron chi connectivity index (χ4n) is 4.86. The van der Waals surface area contributed by atoms with Crippen molar-refractivity contribution in [3.05, 3.63) is 48.0 Å². The quantitative estimate of drug-likeness (QED) is 0.0660. The fraction of sp³-hybridized carbons (Fsp3) is 0.600. The Balaban J connectivity index is 0.000000412. The molecule has 39 heavy (non-hydrogen) atoms. The van der Waals surface area contributed by atoms with Crippen LogP contribution in [0, 0.1) is 36.5 Å². The molecular weight excluding hydrogens is 484 g/mol. The van der Waals surface area contributed by atoms with Gasteiger partial charge in [0.1, 0.15) is 0 Å². The van der Waals surface area contributed by atoms with Crippen molar-refractivity contribution < 1.29 is 19.1 Å². The number of hydrogen-bond donors (Lipinski definition) is 0. The summed E-state index contributed by atoms with van der Waals surface area (Å²) in [7, 11) is 0. The van der Waals surface area contributed by atoms with Crippen LogP contribution in [0.25, 0.3) is 0 Å². The summed E-state index contributed by atoms with van der Waals surface area (Å²) >= 11 is 0. The Morgan fingerprint density at radius 3 is 2.21 bits per heavy atom. The summed E-state index contributed by atoms with van der Waals surface area (Å²) in [5.74, 6) is 5.51. The molecule has 0 bridgehead atoms. The van der Waals surface area contributed by atoms with Crippen molar-refractivity contribution in [3.8, 4) is 24.7 Å². The Morgan fingerprint density at radius 1 is 0.949 bits per heavy atom. The molecular formula is C35H50O4. The maximum absolute atomic E-state index is 11.7. The van der Waals surface area contributed by atoms with Gasteiger partial charge in [-0.05, 0) is 56.4 Å². The molecule has 1 fully saturated rings. The van der Waals surface area contributed by atoms with Crippen LogP contribution in [0.15, 0.2) is 42.5 Å². The zero-order valence-electron chi connectivity index (χ0n) is 24.4. The Morgan fingerprint density at radius 2 is 1.59 bits per heavy atom. The van der Waals surface area contributed by atoms with Crippen molar-refractivity contribution in [2.45, 2.75) is 123 Å². The molecule has 1 unspecified atom stereocenters. The molecule has 0 heterocycles. The van der Waals surface area contributed by atoms with Gasteiger partial charge in [0.05, 0.1) is 0 Å². The lowest BCUT2D eigenvalue weighted by molar-refractivity contribution is -0.184. The van der Waals surface area contributed by atoms with Crippen LogP contribution in [-0.2, 0) is 25.5 Å². The van der Waals surface area contributed by atoms with Gasteiger partial charge in [-0.3, -0.25) is 9.59 Å². The number of esters is 2. The Bertz CT molecular complexity index is 867. The van der Waals surface area contributed by atoms with E-state index in [4.69, 9.17) is 22.3 Å². The minimum atomic E-state index is -0.879. The number of rotatable bonds is 17. The van der Waals surface area contributed by atoms with Crippen LogP contribution in [0.4, 0.5) is 0 Å². The first-order chi connectivity index (χ1) is 19.0. The van der Waals surface area contributed by atoms with Gasteiger partial charge in [0.25, 0.3) is 0 Å². The average molecular weight is 535 g/mol. The third-order valence-corrected chi connectivity index (χ3v) is 7.05. The van der Waals surface area contributed by atoms with Crippen LogP contribution in [0.2, 0.25) is 0 Å². The largest absolute Gasteiger partial charge is 0.425 e. The van der Waals surface area contributed by atoms with E-state index in [-0.39, 0.29) is 18.3 Å². The van der Waals surface area contributed by atoms with Crippen LogP contribution < -0.4 is 0 Å². The predicted octanol–water partition coefficient (Wildman–Crippen LogP) is 8.59. The van der Waals surface area contributed by atoms with E-state index in [0.717, 1.165) is 12.3 Å². The topological polar surface area (TPSA) is 52.6 Å². The molecule has 4 nitrogen and oxygen atoms in total. The lowest BCUT2D eigenvalue weighted by Crippen LogP contribution is -2.22. The molecule has 1 saturated carbocycles. The molecule has 0 aliphatic heterocycles. The molecule has 0 saturated heterocycles. The normalized spacial score (nSPS) is 13.8. The van der Waals surface area contributed by atoms with Gasteiger partial charge in [0.2, 0.25) is 6.29 Å². The molecule has 1 aliphatic rings. The Kier molecular flexibility index (Phi) is 20.0. The minimum Gasteiger partial charge on any atom is -0.425 e. The molecule has 1 atom stereocenters. The molecule has 0 radical (unpaired) electrons. The summed E-state index contributed by atoms with van der Waals surface area (Å²) in [5, 5.41) is 0. The second-order valence-electron chi connectivity index (χ2n) is 10.5. The van der Waals surface area contributed by atoms with Gasteiger partial charge in [0, 0.05) is 32.6 Å². The Hall–Kier alpha value is -2.98. The lowest BCUT2D eigenvalue weighted by Gasteiger charge is -2.15. The summed E-state index contributed by atoms with van der Waals surface area (Å²) in [6.45, 7) is 3.46. The number of aryl methyl sites for hydroxylation is 1. The van der Waals surface area contributed by atoms with Gasteiger partial charge in [-0.1, -0.05) is 87.4 Å². The smallest absolute Gasteiger partial charge is 0.308 e. The maximum atomic E-state index is 11.7. The number of terminal acetylenes is 2. The van der Waals surface area contributed by atoms with Crippen LogP contribution in [-0.4, -0.2) is 18.2 Å². The zero-order chi connectivity index (χ0) is 28.6. The molecule has 0 amide bonds. The van der Waals surface area contributed by atoms with Crippen molar-refractivity contribution in [3.63, 3.8) is 0 Å². The number of unbranched alkanes of at least 4 members (excludes halogenated alkanes) is 3. The van der Waals surface area contributed by atoms with E-state index in [2.05, 4.69) is 42.2 Å². The van der Waals surface area contributed by atoms with Crippen molar-refractivity contribution in [1.82, 2.24) is 0 Å². The third-order valence-electron chi connectivity index (χ3n) is 7.05. The highest BCUT2D eigenvalue weighted by Crippen LogP contribution is 2.29.